The molecule has 1 heterocycles. The lowest BCUT2D eigenvalue weighted by atomic mass is 9.96. The highest BCUT2D eigenvalue weighted by molar-refractivity contribution is 6.69. The van der Waals surface area contributed by atoms with E-state index in [1.165, 1.54) is 7.11 Å². The fourth-order valence-corrected chi connectivity index (χ4v) is 5.12. The number of hydrogen-bond acceptors (Lipinski definition) is 4. The van der Waals surface area contributed by atoms with Crippen LogP contribution in [0.1, 0.15) is 18.0 Å². The predicted molar refractivity (Wildman–Crippen MR) is 105 cm³/mol. The predicted octanol–water partition coefficient (Wildman–Crippen LogP) is 4.55. The molecule has 1 fully saturated rings. The molecule has 1 saturated heterocycles. The Hall–Kier alpha value is -1.89. The van der Waals surface area contributed by atoms with Crippen molar-refractivity contribution in [3.8, 4) is 0 Å². The van der Waals surface area contributed by atoms with Crippen molar-refractivity contribution < 1.29 is 18.7 Å². The number of methoxy groups -OCH3 is 2. The summed E-state index contributed by atoms with van der Waals surface area (Å²) in [6.07, 6.45) is 0.252. The van der Waals surface area contributed by atoms with Gasteiger partial charge in [-0.15, -0.1) is 0 Å². The maximum Gasteiger partial charge on any atom is 0.410 e. The van der Waals surface area contributed by atoms with E-state index in [0.29, 0.717) is 13.0 Å². The van der Waals surface area contributed by atoms with Crippen molar-refractivity contribution in [3.63, 3.8) is 0 Å². The van der Waals surface area contributed by atoms with E-state index >= 15 is 0 Å². The molecule has 1 amide bonds. The molecule has 2 unspecified atom stereocenters. The highest BCUT2D eigenvalue weighted by Crippen LogP contribution is 2.46. The molecular formula is C20H27NO4Si. The molecule has 1 aliphatic heterocycles. The second-order valence-electron chi connectivity index (χ2n) is 7.65. The second-order valence-corrected chi connectivity index (χ2v) is 12.1. The third-order valence-electron chi connectivity index (χ3n) is 4.75. The van der Waals surface area contributed by atoms with Crippen molar-refractivity contribution in [2.24, 2.45) is 0 Å². The second kappa shape index (κ2) is 7.02. The molecular weight excluding hydrogens is 346 g/mol. The number of hydrogen-bond donors (Lipinski definition) is 0. The van der Waals surface area contributed by atoms with Crippen LogP contribution in [0, 0.1) is 0 Å². The van der Waals surface area contributed by atoms with Crippen molar-refractivity contribution >= 4 is 25.2 Å². The van der Waals surface area contributed by atoms with E-state index in [1.54, 1.807) is 12.0 Å². The van der Waals surface area contributed by atoms with Gasteiger partial charge in [0.15, 0.2) is 14.1 Å². The molecule has 5 nitrogen and oxygen atoms in total. The lowest BCUT2D eigenvalue weighted by Crippen LogP contribution is -2.49. The number of benzene rings is 2. The summed E-state index contributed by atoms with van der Waals surface area (Å²) in [5.41, 5.74) is 0.992. The van der Waals surface area contributed by atoms with Crippen molar-refractivity contribution in [2.75, 3.05) is 20.8 Å². The van der Waals surface area contributed by atoms with Crippen LogP contribution in [0.5, 0.6) is 0 Å². The van der Waals surface area contributed by atoms with Crippen LogP contribution < -0.4 is 0 Å². The maximum atomic E-state index is 12.4. The summed E-state index contributed by atoms with van der Waals surface area (Å²) < 4.78 is 17.5. The van der Waals surface area contributed by atoms with Crippen molar-refractivity contribution in [1.82, 2.24) is 4.90 Å². The molecule has 0 spiro atoms. The minimum absolute atomic E-state index is 0.351. The number of carbonyl (C=O) groups is 1. The first-order chi connectivity index (χ1) is 12.3. The summed E-state index contributed by atoms with van der Waals surface area (Å²) >= 11 is 0. The van der Waals surface area contributed by atoms with Crippen LogP contribution in [-0.4, -0.2) is 45.9 Å². The van der Waals surface area contributed by atoms with Gasteiger partial charge in [-0.2, -0.15) is 0 Å². The summed E-state index contributed by atoms with van der Waals surface area (Å²) in [5.74, 6) is -0.860. The van der Waals surface area contributed by atoms with E-state index in [1.807, 2.05) is 12.1 Å². The van der Waals surface area contributed by atoms with Gasteiger partial charge in [-0.25, -0.2) is 4.79 Å². The molecule has 6 heteroatoms. The Balaban J connectivity index is 2.11. The van der Waals surface area contributed by atoms with Crippen molar-refractivity contribution in [1.29, 1.82) is 0 Å². The Bertz CT molecular complexity index is 804. The van der Waals surface area contributed by atoms with Crippen LogP contribution in [0.15, 0.2) is 42.5 Å². The highest BCUT2D eigenvalue weighted by atomic mass is 28.4. The van der Waals surface area contributed by atoms with Crippen LogP contribution in [0.3, 0.4) is 0 Å². The average Bonchev–Trinajstić information content (AvgIpc) is 2.98. The molecule has 2 aromatic rings. The zero-order valence-electron chi connectivity index (χ0n) is 16.1. The summed E-state index contributed by atoms with van der Waals surface area (Å²) in [6.45, 7) is 6.92. The summed E-state index contributed by atoms with van der Waals surface area (Å²) in [5, 5.41) is 2.28. The Kier molecular flexibility index (Phi) is 5.10. The van der Waals surface area contributed by atoms with Crippen LogP contribution in [-0.2, 0) is 13.9 Å². The molecule has 0 aromatic heterocycles. The van der Waals surface area contributed by atoms with E-state index in [2.05, 4.69) is 50.0 Å². The van der Waals surface area contributed by atoms with Crippen molar-refractivity contribution in [3.05, 3.63) is 48.0 Å². The normalized spacial score (nSPS) is 23.4. The molecule has 3 rings (SSSR count). The molecule has 2 aromatic carbocycles. The minimum atomic E-state index is -1.92. The number of ether oxygens (including phenoxy) is 2. The van der Waals surface area contributed by atoms with Gasteiger partial charge in [-0.3, -0.25) is 4.90 Å². The molecule has 0 aliphatic carbocycles. The molecule has 0 radical (unpaired) electrons. The molecule has 140 valence electrons. The number of likely N-dealkylation sites (tertiary alicyclic amines) is 1. The van der Waals surface area contributed by atoms with E-state index in [-0.39, 0.29) is 12.1 Å². The van der Waals surface area contributed by atoms with Gasteiger partial charge in [0.25, 0.3) is 0 Å². The van der Waals surface area contributed by atoms with Gasteiger partial charge in [0, 0.05) is 20.1 Å². The Morgan fingerprint density at radius 2 is 1.81 bits per heavy atom. The van der Waals surface area contributed by atoms with Gasteiger partial charge in [-0.1, -0.05) is 36.4 Å². The fourth-order valence-electron chi connectivity index (χ4n) is 3.79. The standard InChI is InChI=1S/C20H27NO4Si/c1-23-19(22)21-13-12-20(24-2,25-26(3,4)5)18(21)17-11-10-15-8-6-7-9-16(15)14-17/h6-11,14,18H,12-13H2,1-5H3. The third kappa shape index (κ3) is 3.49. The Morgan fingerprint density at radius 3 is 2.42 bits per heavy atom. The van der Waals surface area contributed by atoms with Gasteiger partial charge in [-0.05, 0) is 42.0 Å². The minimum Gasteiger partial charge on any atom is -0.453 e. The summed E-state index contributed by atoms with van der Waals surface area (Å²) in [4.78, 5) is 14.2. The molecule has 26 heavy (non-hydrogen) atoms. The van der Waals surface area contributed by atoms with Crippen LogP contribution in [0.25, 0.3) is 10.8 Å². The fraction of sp³-hybridized carbons (Fsp3) is 0.450. The Labute approximate surface area is 156 Å². The van der Waals surface area contributed by atoms with Gasteiger partial charge in [0.05, 0.1) is 7.11 Å². The molecule has 0 bridgehead atoms. The van der Waals surface area contributed by atoms with Gasteiger partial charge < -0.3 is 13.9 Å². The van der Waals surface area contributed by atoms with Crippen LogP contribution in [0.2, 0.25) is 19.6 Å². The lowest BCUT2D eigenvalue weighted by Gasteiger charge is -2.40. The number of rotatable bonds is 4. The van der Waals surface area contributed by atoms with Crippen molar-refractivity contribution in [2.45, 2.75) is 37.9 Å². The summed E-state index contributed by atoms with van der Waals surface area (Å²) in [7, 11) is 1.15. The first-order valence-corrected chi connectivity index (χ1v) is 12.3. The van der Waals surface area contributed by atoms with Gasteiger partial charge >= 0.3 is 6.09 Å². The zero-order valence-corrected chi connectivity index (χ0v) is 17.1. The number of amides is 1. The topological polar surface area (TPSA) is 48.0 Å². The van der Waals surface area contributed by atoms with Crippen LogP contribution >= 0.6 is 0 Å². The smallest absolute Gasteiger partial charge is 0.410 e. The Morgan fingerprint density at radius 1 is 1.12 bits per heavy atom. The number of fused-ring (bicyclic) bond motifs is 1. The van der Waals surface area contributed by atoms with E-state index in [9.17, 15) is 4.79 Å². The first-order valence-electron chi connectivity index (χ1n) is 8.88. The summed E-state index contributed by atoms with van der Waals surface area (Å²) in [6, 6.07) is 14.1. The van der Waals surface area contributed by atoms with E-state index in [0.717, 1.165) is 16.3 Å². The highest BCUT2D eigenvalue weighted by Gasteiger charge is 2.53. The maximum absolute atomic E-state index is 12.4. The lowest BCUT2D eigenvalue weighted by molar-refractivity contribution is -0.185. The van der Waals surface area contributed by atoms with E-state index < -0.39 is 14.1 Å². The SMILES string of the molecule is COC(=O)N1CCC(OC)(O[Si](C)(C)C)C1c1ccc2ccccc2c1. The van der Waals surface area contributed by atoms with Gasteiger partial charge in [0.1, 0.15) is 6.04 Å². The van der Waals surface area contributed by atoms with E-state index in [4.69, 9.17) is 13.9 Å². The quantitative estimate of drug-likeness (QED) is 0.583. The monoisotopic (exact) mass is 373 g/mol. The third-order valence-corrected chi connectivity index (χ3v) is 5.71. The largest absolute Gasteiger partial charge is 0.453 e. The molecule has 0 N–H and O–H groups in total. The molecule has 2 atom stereocenters. The number of nitrogens with zero attached hydrogens (tertiary/aromatic N) is 1. The van der Waals surface area contributed by atoms with Crippen LogP contribution in [0.4, 0.5) is 4.79 Å². The molecule has 1 aliphatic rings. The zero-order chi connectivity index (χ0) is 18.9. The molecule has 0 saturated carbocycles. The average molecular weight is 374 g/mol. The van der Waals surface area contributed by atoms with Gasteiger partial charge in [0.2, 0.25) is 0 Å². The first kappa shape index (κ1) is 18.9. The number of carbonyl (C=O) groups excluding carboxylic acids is 1.